The Bertz CT molecular complexity index is 1040. The van der Waals surface area contributed by atoms with Gasteiger partial charge in [-0.3, -0.25) is 24.2 Å². The molecular weight excluding hydrogens is 494 g/mol. The van der Waals surface area contributed by atoms with Crippen LogP contribution in [0.1, 0.15) is 84.8 Å². The van der Waals surface area contributed by atoms with Crippen molar-refractivity contribution in [3.8, 4) is 0 Å². The summed E-state index contributed by atoms with van der Waals surface area (Å²) in [5.41, 5.74) is 10.6. The number of hydrogen-bond donors (Lipinski definition) is 4. The highest BCUT2D eigenvalue weighted by atomic mass is 16.2. The number of primary amides is 1. The summed E-state index contributed by atoms with van der Waals surface area (Å²) in [7, 11) is 0. The van der Waals surface area contributed by atoms with Gasteiger partial charge in [0.15, 0.2) is 0 Å². The van der Waals surface area contributed by atoms with Crippen molar-refractivity contribution in [2.45, 2.75) is 98.2 Å². The van der Waals surface area contributed by atoms with Crippen LogP contribution < -0.4 is 21.8 Å². The van der Waals surface area contributed by atoms with Crippen molar-refractivity contribution in [1.82, 2.24) is 21.1 Å². The largest absolute Gasteiger partial charge is 0.368 e. The molecule has 0 saturated carbocycles. The quantitative estimate of drug-likeness (QED) is 0.305. The first-order valence-electron chi connectivity index (χ1n) is 14.0. The number of hydrazine groups is 1. The van der Waals surface area contributed by atoms with Gasteiger partial charge in [0.25, 0.3) is 5.91 Å². The van der Waals surface area contributed by atoms with E-state index < -0.39 is 29.9 Å². The molecule has 39 heavy (non-hydrogen) atoms. The summed E-state index contributed by atoms with van der Waals surface area (Å²) in [6, 6.07) is 6.24. The molecule has 1 aliphatic heterocycles. The molecule has 9 nitrogen and oxygen atoms in total. The Hall–Kier alpha value is -3.20. The fourth-order valence-corrected chi connectivity index (χ4v) is 4.51. The molecule has 0 bridgehead atoms. The molecule has 9 heteroatoms. The van der Waals surface area contributed by atoms with Crippen molar-refractivity contribution < 1.29 is 19.2 Å². The van der Waals surface area contributed by atoms with E-state index in [2.05, 4.69) is 73.2 Å². The fourth-order valence-electron chi connectivity index (χ4n) is 4.51. The van der Waals surface area contributed by atoms with Gasteiger partial charge < -0.3 is 16.4 Å². The summed E-state index contributed by atoms with van der Waals surface area (Å²) in [5.74, 6) is -1.66. The maximum Gasteiger partial charge on any atom is 0.258 e. The lowest BCUT2D eigenvalue weighted by molar-refractivity contribution is -0.142. The van der Waals surface area contributed by atoms with Crippen LogP contribution in [0.25, 0.3) is 6.08 Å². The first-order valence-corrected chi connectivity index (χ1v) is 14.0. The average Bonchev–Trinajstić information content (AvgIpc) is 2.89. The van der Waals surface area contributed by atoms with E-state index in [1.807, 2.05) is 13.8 Å². The molecule has 4 amide bonds. The van der Waals surface area contributed by atoms with E-state index in [4.69, 9.17) is 5.73 Å². The second kappa shape index (κ2) is 14.8. The summed E-state index contributed by atoms with van der Waals surface area (Å²) >= 11 is 0. The van der Waals surface area contributed by atoms with E-state index in [0.29, 0.717) is 32.2 Å². The number of carbonyl (C=O) groups excluding carboxylic acids is 4. The van der Waals surface area contributed by atoms with Crippen molar-refractivity contribution in [3.05, 3.63) is 41.5 Å². The number of hydrogen-bond acceptors (Lipinski definition) is 5. The van der Waals surface area contributed by atoms with E-state index in [-0.39, 0.29) is 23.1 Å². The smallest absolute Gasteiger partial charge is 0.258 e. The van der Waals surface area contributed by atoms with E-state index >= 15 is 0 Å². The Labute approximate surface area is 233 Å². The Morgan fingerprint density at radius 3 is 2.54 bits per heavy atom. The van der Waals surface area contributed by atoms with Crippen LogP contribution >= 0.6 is 0 Å². The highest BCUT2D eigenvalue weighted by Crippen LogP contribution is 2.28. The maximum atomic E-state index is 13.0. The van der Waals surface area contributed by atoms with Gasteiger partial charge in [0.05, 0.1) is 0 Å². The predicted octanol–water partition coefficient (Wildman–Crippen LogP) is 3.09. The molecule has 1 aliphatic rings. The molecule has 3 atom stereocenters. The molecule has 3 unspecified atom stereocenters. The van der Waals surface area contributed by atoms with E-state index in [0.717, 1.165) is 12.8 Å². The van der Waals surface area contributed by atoms with Crippen molar-refractivity contribution in [2.75, 3.05) is 6.54 Å². The first kappa shape index (κ1) is 32.0. The molecule has 0 aromatic heterocycles. The Morgan fingerprint density at radius 1 is 1.18 bits per heavy atom. The molecule has 1 saturated heterocycles. The number of nitrogens with zero attached hydrogens (tertiary/aromatic N) is 1. The van der Waals surface area contributed by atoms with Crippen molar-refractivity contribution in [3.63, 3.8) is 0 Å². The predicted molar refractivity (Wildman–Crippen MR) is 154 cm³/mol. The number of allylic oxidation sites excluding steroid dienone is 1. The van der Waals surface area contributed by atoms with Gasteiger partial charge in [0.1, 0.15) is 18.1 Å². The van der Waals surface area contributed by atoms with Crippen LogP contribution in [0.4, 0.5) is 0 Å². The number of amides is 4. The maximum absolute atomic E-state index is 13.0. The molecule has 1 fully saturated rings. The minimum atomic E-state index is -0.835. The third-order valence-corrected chi connectivity index (χ3v) is 7.16. The van der Waals surface area contributed by atoms with Crippen LogP contribution in [-0.4, -0.2) is 53.3 Å². The monoisotopic (exact) mass is 541 g/mol. The second-order valence-corrected chi connectivity index (χ2v) is 11.6. The van der Waals surface area contributed by atoms with Crippen molar-refractivity contribution in [1.29, 1.82) is 0 Å². The van der Waals surface area contributed by atoms with Crippen LogP contribution in [0.2, 0.25) is 0 Å². The molecule has 1 aromatic rings. The SMILES string of the molecule is CCc1cccc(/C=C/CC(C)(C)CCC(=O)NC(C(=O)NC(C)C(=O)N2CCCC(C(N)=O)N2)C(C)C)c1. The van der Waals surface area contributed by atoms with Gasteiger partial charge in [0, 0.05) is 13.0 Å². The number of carbonyl (C=O) groups is 4. The van der Waals surface area contributed by atoms with Gasteiger partial charge in [-0.2, -0.15) is 0 Å². The number of aryl methyl sites for hydroxylation is 1. The van der Waals surface area contributed by atoms with E-state index in [9.17, 15) is 19.2 Å². The molecule has 0 aliphatic carbocycles. The first-order chi connectivity index (χ1) is 18.3. The Kier molecular flexibility index (Phi) is 12.2. The zero-order valence-corrected chi connectivity index (χ0v) is 24.4. The molecule has 216 valence electrons. The Balaban J connectivity index is 1.86. The second-order valence-electron chi connectivity index (χ2n) is 11.6. The fraction of sp³-hybridized carbons (Fsp3) is 0.600. The highest BCUT2D eigenvalue weighted by molar-refractivity contribution is 5.92. The molecule has 1 heterocycles. The molecule has 2 rings (SSSR count). The van der Waals surface area contributed by atoms with Gasteiger partial charge in [0.2, 0.25) is 17.7 Å². The lowest BCUT2D eigenvalue weighted by atomic mass is 9.84. The van der Waals surface area contributed by atoms with Crippen LogP contribution in [0.5, 0.6) is 0 Å². The summed E-state index contributed by atoms with van der Waals surface area (Å²) in [6.07, 6.45) is 8.25. The molecule has 1 aromatic carbocycles. The van der Waals surface area contributed by atoms with Gasteiger partial charge in [-0.15, -0.1) is 0 Å². The molecule has 0 spiro atoms. The lowest BCUT2D eigenvalue weighted by Gasteiger charge is -2.34. The van der Waals surface area contributed by atoms with Gasteiger partial charge in [-0.1, -0.05) is 71.0 Å². The van der Waals surface area contributed by atoms with Gasteiger partial charge >= 0.3 is 0 Å². The third-order valence-electron chi connectivity index (χ3n) is 7.16. The zero-order chi connectivity index (χ0) is 29.2. The van der Waals surface area contributed by atoms with Crippen LogP contribution in [0.3, 0.4) is 0 Å². The van der Waals surface area contributed by atoms with Gasteiger partial charge in [-0.05, 0) is 61.5 Å². The Morgan fingerprint density at radius 2 is 1.90 bits per heavy atom. The van der Waals surface area contributed by atoms with Crippen LogP contribution in [-0.2, 0) is 25.6 Å². The van der Waals surface area contributed by atoms with E-state index in [1.54, 1.807) is 6.92 Å². The standard InChI is InChI=1S/C30H47N5O4/c1-7-22-11-8-12-23(19-22)13-9-16-30(5,6)17-15-25(36)33-26(20(2)3)28(38)32-21(4)29(39)35-18-10-14-24(34-35)27(31)37/h8-9,11-13,19-21,24,26,34H,7,10,14-18H2,1-6H3,(H2,31,37)(H,32,38)(H,33,36)/b13-9+. The lowest BCUT2D eigenvalue weighted by Crippen LogP contribution is -2.61. The summed E-state index contributed by atoms with van der Waals surface area (Å²) < 4.78 is 0. The van der Waals surface area contributed by atoms with Crippen molar-refractivity contribution >= 4 is 29.7 Å². The van der Waals surface area contributed by atoms with Crippen LogP contribution in [0.15, 0.2) is 30.3 Å². The molecular formula is C30H47N5O4. The number of nitrogens with two attached hydrogens (primary N) is 1. The number of benzene rings is 1. The molecule has 0 radical (unpaired) electrons. The molecule has 5 N–H and O–H groups in total. The number of nitrogens with one attached hydrogen (secondary N) is 3. The summed E-state index contributed by atoms with van der Waals surface area (Å²) in [5, 5.41) is 6.92. The summed E-state index contributed by atoms with van der Waals surface area (Å²) in [4.78, 5) is 50.2. The van der Waals surface area contributed by atoms with Gasteiger partial charge in [-0.25, -0.2) is 5.43 Å². The summed E-state index contributed by atoms with van der Waals surface area (Å²) in [6.45, 7) is 12.1. The number of rotatable bonds is 13. The minimum absolute atomic E-state index is 0.0864. The normalized spacial score (nSPS) is 17.6. The van der Waals surface area contributed by atoms with E-state index in [1.165, 1.54) is 16.1 Å². The minimum Gasteiger partial charge on any atom is -0.368 e. The van der Waals surface area contributed by atoms with Crippen LogP contribution in [0, 0.1) is 11.3 Å². The highest BCUT2D eigenvalue weighted by Gasteiger charge is 2.32. The topological polar surface area (TPSA) is 134 Å². The third kappa shape index (κ3) is 10.5. The average molecular weight is 542 g/mol. The zero-order valence-electron chi connectivity index (χ0n) is 24.4. The van der Waals surface area contributed by atoms with Crippen molar-refractivity contribution in [2.24, 2.45) is 17.1 Å².